The summed E-state index contributed by atoms with van der Waals surface area (Å²) in [5.41, 5.74) is 2.85. The fourth-order valence-electron chi connectivity index (χ4n) is 5.25. The van der Waals surface area contributed by atoms with Crippen LogP contribution in [0.2, 0.25) is 0 Å². The lowest BCUT2D eigenvalue weighted by molar-refractivity contribution is -0.393. The molecule has 4 aromatic carbocycles. The van der Waals surface area contributed by atoms with Gasteiger partial charge in [-0.3, -0.25) is 25.0 Å². The van der Waals surface area contributed by atoms with E-state index in [1.807, 2.05) is 91.0 Å². The SMILES string of the molecule is O=C1CN(c2ccc([N+](=O)[O-])cc2[N+](=O)[O-])N=C2C=C(c3ccccc3)N(c3nnc(-c4ccccc4)c(-c4ccccc4)n3)N12. The highest BCUT2D eigenvalue weighted by Gasteiger charge is 2.42. The lowest BCUT2D eigenvalue weighted by Crippen LogP contribution is -2.52. The van der Waals surface area contributed by atoms with Crippen molar-refractivity contribution in [1.82, 2.24) is 20.2 Å². The number of hydrazine groups is 1. The fourth-order valence-corrected chi connectivity index (χ4v) is 5.25. The molecule has 0 aliphatic carbocycles. The Balaban J connectivity index is 1.37. The van der Waals surface area contributed by atoms with Crippen LogP contribution < -0.4 is 10.0 Å². The average molecular weight is 612 g/mol. The van der Waals surface area contributed by atoms with Crippen LogP contribution in [0.25, 0.3) is 28.2 Å². The van der Waals surface area contributed by atoms with E-state index in [0.29, 0.717) is 17.1 Å². The fraction of sp³-hybridized carbons (Fsp3) is 0.0312. The number of nitro benzene ring substituents is 2. The van der Waals surface area contributed by atoms with Gasteiger partial charge in [0.25, 0.3) is 17.5 Å². The van der Waals surface area contributed by atoms with E-state index in [-0.39, 0.29) is 17.5 Å². The number of hydrogen-bond acceptors (Lipinski definition) is 11. The molecule has 46 heavy (non-hydrogen) atoms. The van der Waals surface area contributed by atoms with E-state index in [1.165, 1.54) is 16.1 Å². The summed E-state index contributed by atoms with van der Waals surface area (Å²) in [6.07, 6.45) is 1.65. The molecule has 7 rings (SSSR count). The highest BCUT2D eigenvalue weighted by Crippen LogP contribution is 2.38. The molecule has 5 aromatic rings. The van der Waals surface area contributed by atoms with Crippen molar-refractivity contribution in [3.05, 3.63) is 141 Å². The van der Waals surface area contributed by atoms with E-state index in [0.717, 1.165) is 33.8 Å². The predicted molar refractivity (Wildman–Crippen MR) is 169 cm³/mol. The molecule has 2 aliphatic heterocycles. The number of aromatic nitrogens is 3. The second-order valence-corrected chi connectivity index (χ2v) is 10.2. The second kappa shape index (κ2) is 11.3. The third-order valence-electron chi connectivity index (χ3n) is 7.33. The van der Waals surface area contributed by atoms with Crippen LogP contribution in [0.5, 0.6) is 0 Å². The number of carbonyl (C=O) groups excluding carboxylic acids is 1. The van der Waals surface area contributed by atoms with Crippen molar-refractivity contribution >= 4 is 40.5 Å². The highest BCUT2D eigenvalue weighted by atomic mass is 16.6. The van der Waals surface area contributed by atoms with Gasteiger partial charge in [-0.1, -0.05) is 91.0 Å². The number of anilines is 2. The first-order chi connectivity index (χ1) is 22.4. The van der Waals surface area contributed by atoms with Crippen molar-refractivity contribution in [3.63, 3.8) is 0 Å². The molecule has 0 N–H and O–H groups in total. The van der Waals surface area contributed by atoms with Crippen LogP contribution in [0.4, 0.5) is 23.0 Å². The first-order valence-electron chi connectivity index (χ1n) is 13.9. The Morgan fingerprint density at radius 2 is 1.28 bits per heavy atom. The third kappa shape index (κ3) is 4.94. The Morgan fingerprint density at radius 1 is 0.674 bits per heavy atom. The summed E-state index contributed by atoms with van der Waals surface area (Å²) in [4.78, 5) is 40.5. The first kappa shape index (κ1) is 28.0. The Hall–Kier alpha value is -6.83. The van der Waals surface area contributed by atoms with Gasteiger partial charge in [-0.2, -0.15) is 10.1 Å². The maximum atomic E-state index is 13.9. The van der Waals surface area contributed by atoms with E-state index in [9.17, 15) is 25.0 Å². The molecule has 224 valence electrons. The summed E-state index contributed by atoms with van der Waals surface area (Å²) < 4.78 is 0. The zero-order chi connectivity index (χ0) is 31.8. The van der Waals surface area contributed by atoms with E-state index < -0.39 is 33.7 Å². The van der Waals surface area contributed by atoms with Gasteiger partial charge >= 0.3 is 5.69 Å². The van der Waals surface area contributed by atoms with Crippen LogP contribution in [-0.4, -0.2) is 48.3 Å². The highest BCUT2D eigenvalue weighted by molar-refractivity contribution is 6.17. The Morgan fingerprint density at radius 3 is 1.89 bits per heavy atom. The van der Waals surface area contributed by atoms with Crippen LogP contribution in [0.15, 0.2) is 120 Å². The summed E-state index contributed by atoms with van der Waals surface area (Å²) in [7, 11) is 0. The number of hydrogen-bond donors (Lipinski definition) is 0. The molecule has 3 heterocycles. The van der Waals surface area contributed by atoms with Crippen LogP contribution >= 0.6 is 0 Å². The van der Waals surface area contributed by atoms with Crippen molar-refractivity contribution in [2.45, 2.75) is 0 Å². The molecular weight excluding hydrogens is 590 g/mol. The average Bonchev–Trinajstić information content (AvgIpc) is 3.49. The first-order valence-corrected chi connectivity index (χ1v) is 13.9. The Bertz CT molecular complexity index is 2070. The smallest absolute Gasteiger partial charge is 0.270 e. The molecule has 0 spiro atoms. The molecule has 14 nitrogen and oxygen atoms in total. The van der Waals surface area contributed by atoms with Crippen molar-refractivity contribution < 1.29 is 14.6 Å². The molecule has 0 fully saturated rings. The monoisotopic (exact) mass is 611 g/mol. The molecule has 0 saturated heterocycles. The molecule has 0 bridgehead atoms. The van der Waals surface area contributed by atoms with Gasteiger partial charge in [0, 0.05) is 28.8 Å². The molecule has 14 heteroatoms. The minimum absolute atomic E-state index is 0.0688. The summed E-state index contributed by atoms with van der Waals surface area (Å²) in [5.74, 6) is -0.265. The number of rotatable bonds is 7. The van der Waals surface area contributed by atoms with E-state index in [4.69, 9.17) is 4.98 Å². The summed E-state index contributed by atoms with van der Waals surface area (Å²) in [5, 5.41) is 40.7. The maximum absolute atomic E-state index is 13.9. The maximum Gasteiger partial charge on any atom is 0.301 e. The topological polar surface area (TPSA) is 164 Å². The molecule has 0 radical (unpaired) electrons. The number of non-ortho nitro benzene ring substituents is 1. The largest absolute Gasteiger partial charge is 0.301 e. The van der Waals surface area contributed by atoms with Crippen LogP contribution in [-0.2, 0) is 4.79 Å². The standard InChI is InChI=1S/C32H21N9O5/c42-29-20-37(25-17-16-24(40(43)44)18-27(25)41(45)46)36-28-19-26(21-10-4-1-5-11-21)38(39(28)29)32-33-30(22-12-6-2-7-13-22)31(34-35-32)23-14-8-3-9-15-23/h1-19H,20H2. The number of nitrogens with zero attached hydrogens (tertiary/aromatic N) is 9. The van der Waals surface area contributed by atoms with Crippen LogP contribution in [0.1, 0.15) is 5.56 Å². The normalized spacial score (nSPS) is 14.1. The van der Waals surface area contributed by atoms with E-state index in [2.05, 4.69) is 15.3 Å². The zero-order valence-corrected chi connectivity index (χ0v) is 23.7. The second-order valence-electron chi connectivity index (χ2n) is 10.2. The van der Waals surface area contributed by atoms with Gasteiger partial charge in [-0.15, -0.1) is 10.2 Å². The number of benzene rings is 4. The van der Waals surface area contributed by atoms with Gasteiger partial charge < -0.3 is 0 Å². The number of fused-ring (bicyclic) bond motifs is 1. The van der Waals surface area contributed by atoms with Gasteiger partial charge in [0.15, 0.2) is 5.84 Å². The predicted octanol–water partition coefficient (Wildman–Crippen LogP) is 5.46. The molecule has 0 saturated carbocycles. The lowest BCUT2D eigenvalue weighted by Gasteiger charge is -2.34. The third-order valence-corrected chi connectivity index (χ3v) is 7.33. The summed E-state index contributed by atoms with van der Waals surface area (Å²) in [6.45, 7) is -0.407. The Labute approximate surface area is 260 Å². The minimum atomic E-state index is -0.746. The Kier molecular flexibility index (Phi) is 6.90. The molecule has 2 aliphatic rings. The zero-order valence-electron chi connectivity index (χ0n) is 23.7. The van der Waals surface area contributed by atoms with E-state index in [1.54, 1.807) is 6.08 Å². The van der Waals surface area contributed by atoms with Gasteiger partial charge in [-0.05, 0) is 6.07 Å². The van der Waals surface area contributed by atoms with Crippen LogP contribution in [0.3, 0.4) is 0 Å². The molecule has 1 aromatic heterocycles. The number of nitro groups is 2. The van der Waals surface area contributed by atoms with Crippen molar-refractivity contribution in [1.29, 1.82) is 0 Å². The molecular formula is C32H21N9O5. The van der Waals surface area contributed by atoms with Gasteiger partial charge in [-0.25, -0.2) is 15.0 Å². The number of carbonyl (C=O) groups is 1. The number of hydrazone groups is 1. The molecule has 0 atom stereocenters. The quantitative estimate of drug-likeness (QED) is 0.170. The van der Waals surface area contributed by atoms with E-state index >= 15 is 0 Å². The molecule has 0 unspecified atom stereocenters. The van der Waals surface area contributed by atoms with Gasteiger partial charge in [0.05, 0.1) is 21.6 Å². The summed E-state index contributed by atoms with van der Waals surface area (Å²) in [6, 6.07) is 31.4. The minimum Gasteiger partial charge on any atom is -0.270 e. The van der Waals surface area contributed by atoms with Crippen LogP contribution in [0, 0.1) is 20.2 Å². The van der Waals surface area contributed by atoms with Gasteiger partial charge in [0.1, 0.15) is 23.6 Å². The lowest BCUT2D eigenvalue weighted by atomic mass is 10.0. The van der Waals surface area contributed by atoms with Gasteiger partial charge in [0.2, 0.25) is 0 Å². The number of amidine groups is 1. The molecule has 1 amide bonds. The van der Waals surface area contributed by atoms with Crippen molar-refractivity contribution in [2.24, 2.45) is 5.10 Å². The summed E-state index contributed by atoms with van der Waals surface area (Å²) >= 11 is 0. The van der Waals surface area contributed by atoms with Crippen molar-refractivity contribution in [3.8, 4) is 22.5 Å². The number of amides is 1. The van der Waals surface area contributed by atoms with Crippen molar-refractivity contribution in [2.75, 3.05) is 16.6 Å².